The van der Waals surface area contributed by atoms with Crippen LogP contribution in [-0.4, -0.2) is 15.9 Å². The predicted octanol–water partition coefficient (Wildman–Crippen LogP) is 5.02. The average molecular weight is 383 g/mol. The zero-order chi connectivity index (χ0) is 20.5. The quantitative estimate of drug-likeness (QED) is 0.528. The summed E-state index contributed by atoms with van der Waals surface area (Å²) in [6, 6.07) is 16.0. The average Bonchev–Trinajstić information content (AvgIpc) is 2.76. The maximum atomic E-state index is 12.1. The van der Waals surface area contributed by atoms with Crippen molar-refractivity contribution in [1.29, 1.82) is 0 Å². The Morgan fingerprint density at radius 3 is 2.66 bits per heavy atom. The minimum atomic E-state index is 0.0475. The molecule has 2 heterocycles. The van der Waals surface area contributed by atoms with Crippen LogP contribution >= 0.6 is 0 Å². The first-order chi connectivity index (χ1) is 14.2. The Morgan fingerprint density at radius 1 is 1.07 bits per heavy atom. The number of nitrogens with one attached hydrogen (secondary N) is 1. The van der Waals surface area contributed by atoms with E-state index in [1.807, 2.05) is 54.6 Å². The van der Waals surface area contributed by atoms with Gasteiger partial charge in [-0.2, -0.15) is 0 Å². The predicted molar refractivity (Wildman–Crippen MR) is 119 cm³/mol. The molecule has 0 bridgehead atoms. The Morgan fingerprint density at radius 2 is 1.90 bits per heavy atom. The number of benzene rings is 1. The molecule has 146 valence electrons. The molecular weight excluding hydrogens is 358 g/mol. The first kappa shape index (κ1) is 20.2. The van der Waals surface area contributed by atoms with Crippen LogP contribution in [0.5, 0.6) is 0 Å². The number of carbonyl (C=O) groups is 1. The Hall–Kier alpha value is -3.53. The molecule has 0 aliphatic rings. The number of hydrogen-bond acceptors (Lipinski definition) is 3. The molecule has 0 spiro atoms. The van der Waals surface area contributed by atoms with Crippen LogP contribution in [0.2, 0.25) is 0 Å². The van der Waals surface area contributed by atoms with Crippen molar-refractivity contribution in [2.75, 3.05) is 0 Å². The summed E-state index contributed by atoms with van der Waals surface area (Å²) < 4.78 is 0. The van der Waals surface area contributed by atoms with Crippen LogP contribution in [0.3, 0.4) is 0 Å². The van der Waals surface area contributed by atoms with E-state index in [1.165, 1.54) is 0 Å². The molecule has 1 aromatic carbocycles. The van der Waals surface area contributed by atoms with Gasteiger partial charge in [-0.3, -0.25) is 4.79 Å². The third kappa shape index (κ3) is 5.72. The highest BCUT2D eigenvalue weighted by molar-refractivity contribution is 5.76. The maximum absolute atomic E-state index is 12.1. The molecule has 0 saturated carbocycles. The summed E-state index contributed by atoms with van der Waals surface area (Å²) in [5.74, 6) is 0.0475. The smallest absolute Gasteiger partial charge is 0.220 e. The molecule has 0 fully saturated rings. The van der Waals surface area contributed by atoms with Gasteiger partial charge >= 0.3 is 0 Å². The number of amides is 1. The molecule has 0 unspecified atom stereocenters. The zero-order valence-corrected chi connectivity index (χ0v) is 16.5. The lowest BCUT2D eigenvalue weighted by atomic mass is 10.0. The topological polar surface area (TPSA) is 54.9 Å². The van der Waals surface area contributed by atoms with Crippen LogP contribution in [0.1, 0.15) is 29.7 Å². The molecule has 29 heavy (non-hydrogen) atoms. The fourth-order valence-electron chi connectivity index (χ4n) is 3.07. The molecular formula is C25H25N3O. The molecule has 0 aliphatic carbocycles. The van der Waals surface area contributed by atoms with Crippen molar-refractivity contribution in [3.05, 3.63) is 103 Å². The fourth-order valence-corrected chi connectivity index (χ4v) is 3.07. The number of rotatable bonds is 9. The van der Waals surface area contributed by atoms with Crippen LogP contribution < -0.4 is 5.32 Å². The summed E-state index contributed by atoms with van der Waals surface area (Å²) >= 11 is 0. The monoisotopic (exact) mass is 383 g/mol. The Bertz CT molecular complexity index is 1040. The molecule has 1 N–H and O–H groups in total. The number of aryl methyl sites for hydroxylation is 1. The number of aromatic nitrogens is 2. The molecule has 4 heteroatoms. The number of pyridine rings is 2. The third-order valence-corrected chi connectivity index (χ3v) is 4.65. The summed E-state index contributed by atoms with van der Waals surface area (Å²) in [7, 11) is 0. The minimum absolute atomic E-state index is 0.0475. The lowest BCUT2D eigenvalue weighted by Crippen LogP contribution is -2.22. The van der Waals surface area contributed by atoms with E-state index in [2.05, 4.69) is 28.4 Å². The Balaban J connectivity index is 1.45. The highest BCUT2D eigenvalue weighted by Gasteiger charge is 2.04. The molecule has 3 aromatic rings. The van der Waals surface area contributed by atoms with E-state index in [9.17, 15) is 4.79 Å². The van der Waals surface area contributed by atoms with E-state index in [4.69, 9.17) is 0 Å². The third-order valence-electron chi connectivity index (χ3n) is 4.65. The van der Waals surface area contributed by atoms with Gasteiger partial charge in [0.25, 0.3) is 0 Å². The van der Waals surface area contributed by atoms with E-state index < -0.39 is 0 Å². The van der Waals surface area contributed by atoms with Gasteiger partial charge in [0.15, 0.2) is 5.65 Å². The first-order valence-corrected chi connectivity index (χ1v) is 9.71. The Labute approximate surface area is 171 Å². The molecule has 0 radical (unpaired) electrons. The summed E-state index contributed by atoms with van der Waals surface area (Å²) in [6.07, 6.45) is 9.20. The lowest BCUT2D eigenvalue weighted by molar-refractivity contribution is -0.121. The van der Waals surface area contributed by atoms with E-state index in [-0.39, 0.29) is 5.91 Å². The SMILES string of the molecule is C=C/C=C(\C=C)c1ccc(CNC(=O)CCCc2ccc3cccnc3n2)cc1. The molecule has 4 nitrogen and oxygen atoms in total. The van der Waals surface area contributed by atoms with Gasteiger partial charge in [-0.15, -0.1) is 0 Å². The highest BCUT2D eigenvalue weighted by Crippen LogP contribution is 2.16. The summed E-state index contributed by atoms with van der Waals surface area (Å²) in [6.45, 7) is 8.06. The lowest BCUT2D eigenvalue weighted by Gasteiger charge is -2.07. The molecule has 2 aromatic heterocycles. The summed E-state index contributed by atoms with van der Waals surface area (Å²) in [5.41, 5.74) is 4.87. The van der Waals surface area contributed by atoms with Crippen LogP contribution in [0.15, 0.2) is 86.1 Å². The second kappa shape index (κ2) is 10.1. The van der Waals surface area contributed by atoms with E-state index in [0.717, 1.165) is 46.3 Å². The number of nitrogens with zero attached hydrogens (tertiary/aromatic N) is 2. The molecule has 0 saturated heterocycles. The van der Waals surface area contributed by atoms with Gasteiger partial charge in [-0.1, -0.05) is 55.7 Å². The standard InChI is InChI=1S/C25H25N3O/c1-3-7-20(4-2)21-13-11-19(12-14-21)18-27-24(29)10-5-9-23-16-15-22-8-6-17-26-25(22)28-23/h3-4,6-8,11-17H,1-2,5,9-10,18H2,(H,27,29)/b20-7+. The Kier molecular flexibility index (Phi) is 7.06. The molecule has 3 rings (SSSR count). The van der Waals surface area contributed by atoms with Gasteiger partial charge in [0.1, 0.15) is 0 Å². The highest BCUT2D eigenvalue weighted by atomic mass is 16.1. The van der Waals surface area contributed by atoms with E-state index >= 15 is 0 Å². The van der Waals surface area contributed by atoms with Crippen LogP contribution in [0.4, 0.5) is 0 Å². The minimum Gasteiger partial charge on any atom is -0.352 e. The number of fused-ring (bicyclic) bond motifs is 1. The van der Waals surface area contributed by atoms with Gasteiger partial charge in [-0.05, 0) is 53.8 Å². The van der Waals surface area contributed by atoms with Crippen LogP contribution in [-0.2, 0) is 17.8 Å². The van der Waals surface area contributed by atoms with Gasteiger partial charge in [0, 0.05) is 30.2 Å². The van der Waals surface area contributed by atoms with Crippen LogP contribution in [0, 0.1) is 0 Å². The van der Waals surface area contributed by atoms with Crippen LogP contribution in [0.25, 0.3) is 16.6 Å². The maximum Gasteiger partial charge on any atom is 0.220 e. The van der Waals surface area contributed by atoms with Crippen molar-refractivity contribution in [2.45, 2.75) is 25.8 Å². The molecule has 1 amide bonds. The van der Waals surface area contributed by atoms with Crippen molar-refractivity contribution >= 4 is 22.5 Å². The first-order valence-electron chi connectivity index (χ1n) is 9.71. The van der Waals surface area contributed by atoms with Gasteiger partial charge in [0.2, 0.25) is 5.91 Å². The normalized spacial score (nSPS) is 11.2. The number of hydrogen-bond donors (Lipinski definition) is 1. The van der Waals surface area contributed by atoms with Crippen molar-refractivity contribution < 1.29 is 4.79 Å². The van der Waals surface area contributed by atoms with E-state index in [1.54, 1.807) is 18.3 Å². The molecule has 0 atom stereocenters. The number of allylic oxidation sites excluding steroid dienone is 4. The van der Waals surface area contributed by atoms with Gasteiger partial charge in [-0.25, -0.2) is 9.97 Å². The fraction of sp³-hybridized carbons (Fsp3) is 0.160. The second-order valence-electron chi connectivity index (χ2n) is 6.74. The second-order valence-corrected chi connectivity index (χ2v) is 6.74. The summed E-state index contributed by atoms with van der Waals surface area (Å²) in [5, 5.41) is 4.01. The zero-order valence-electron chi connectivity index (χ0n) is 16.5. The molecule has 0 aliphatic heterocycles. The summed E-state index contributed by atoms with van der Waals surface area (Å²) in [4.78, 5) is 21.0. The van der Waals surface area contributed by atoms with Crippen molar-refractivity contribution in [3.63, 3.8) is 0 Å². The van der Waals surface area contributed by atoms with E-state index in [0.29, 0.717) is 13.0 Å². The van der Waals surface area contributed by atoms with Crippen molar-refractivity contribution in [3.8, 4) is 0 Å². The van der Waals surface area contributed by atoms with Crippen molar-refractivity contribution in [2.24, 2.45) is 0 Å². The van der Waals surface area contributed by atoms with Crippen molar-refractivity contribution in [1.82, 2.24) is 15.3 Å². The number of carbonyl (C=O) groups excluding carboxylic acids is 1. The van der Waals surface area contributed by atoms with Gasteiger partial charge in [0.05, 0.1) is 0 Å². The largest absolute Gasteiger partial charge is 0.352 e. The van der Waals surface area contributed by atoms with Gasteiger partial charge < -0.3 is 5.32 Å².